The van der Waals surface area contributed by atoms with Gasteiger partial charge < -0.3 is 9.47 Å². The van der Waals surface area contributed by atoms with Gasteiger partial charge >= 0.3 is 5.97 Å². The number of para-hydroxylation sites is 1. The molecule has 0 N–H and O–H groups in total. The summed E-state index contributed by atoms with van der Waals surface area (Å²) in [7, 11) is -4.02. The van der Waals surface area contributed by atoms with Crippen molar-refractivity contribution >= 4 is 16.0 Å². The minimum absolute atomic E-state index is 0.0246. The maximum Gasteiger partial charge on any atom is 0.338 e. The summed E-state index contributed by atoms with van der Waals surface area (Å²) in [4.78, 5) is 11.6. The molecule has 6 nitrogen and oxygen atoms in total. The highest BCUT2D eigenvalue weighted by Gasteiger charge is 2.26. The summed E-state index contributed by atoms with van der Waals surface area (Å²) in [5.74, 6) is -1.02. The molecule has 2 aromatic rings. The Morgan fingerprint density at radius 2 is 1.70 bits per heavy atom. The number of nitrogens with zero attached hydrogens (tertiary/aromatic N) is 1. The highest BCUT2D eigenvalue weighted by Crippen LogP contribution is 2.21. The third-order valence-corrected chi connectivity index (χ3v) is 5.88. The number of hydrogen-bond acceptors (Lipinski definition) is 5. The predicted molar refractivity (Wildman–Crippen MR) is 98.7 cm³/mol. The van der Waals surface area contributed by atoms with Crippen molar-refractivity contribution < 1.29 is 27.1 Å². The molecule has 27 heavy (non-hydrogen) atoms. The SMILES string of the molecule is CCN(CC)S(=O)(=O)c1cc(C(=O)OCCOc2ccccc2)ccc1F. The van der Waals surface area contributed by atoms with Gasteiger partial charge in [-0.1, -0.05) is 32.0 Å². The third-order valence-electron chi connectivity index (χ3n) is 3.82. The van der Waals surface area contributed by atoms with E-state index in [1.165, 1.54) is 6.07 Å². The van der Waals surface area contributed by atoms with Gasteiger partial charge in [-0.3, -0.25) is 0 Å². The lowest BCUT2D eigenvalue weighted by atomic mass is 10.2. The number of rotatable bonds is 9. The van der Waals surface area contributed by atoms with Crippen LogP contribution in [-0.2, 0) is 14.8 Å². The number of esters is 1. The average Bonchev–Trinajstić information content (AvgIpc) is 2.67. The van der Waals surface area contributed by atoms with Crippen molar-refractivity contribution in [3.63, 3.8) is 0 Å². The molecule has 0 fully saturated rings. The van der Waals surface area contributed by atoms with Crippen molar-refractivity contribution in [1.82, 2.24) is 4.31 Å². The van der Waals surface area contributed by atoms with Crippen molar-refractivity contribution in [2.75, 3.05) is 26.3 Å². The molecule has 2 aromatic carbocycles. The number of hydrogen-bond donors (Lipinski definition) is 0. The number of halogens is 1. The van der Waals surface area contributed by atoms with Gasteiger partial charge in [0.2, 0.25) is 10.0 Å². The van der Waals surface area contributed by atoms with Crippen LogP contribution in [-0.4, -0.2) is 45.0 Å². The first-order chi connectivity index (χ1) is 12.9. The van der Waals surface area contributed by atoms with Crippen LogP contribution in [0.5, 0.6) is 5.75 Å². The molecular weight excluding hydrogens is 373 g/mol. The van der Waals surface area contributed by atoms with Gasteiger partial charge in [0.05, 0.1) is 5.56 Å². The van der Waals surface area contributed by atoms with Crippen molar-refractivity contribution in [2.45, 2.75) is 18.7 Å². The fraction of sp³-hybridized carbons (Fsp3) is 0.316. The fourth-order valence-electron chi connectivity index (χ4n) is 2.42. The van der Waals surface area contributed by atoms with Gasteiger partial charge in [-0.05, 0) is 30.3 Å². The quantitative estimate of drug-likeness (QED) is 0.482. The van der Waals surface area contributed by atoms with E-state index in [1.807, 2.05) is 18.2 Å². The Balaban J connectivity index is 2.05. The van der Waals surface area contributed by atoms with E-state index in [2.05, 4.69) is 0 Å². The van der Waals surface area contributed by atoms with Crippen LogP contribution >= 0.6 is 0 Å². The maximum atomic E-state index is 14.1. The molecule has 0 aliphatic carbocycles. The first-order valence-corrected chi connectivity index (χ1v) is 9.98. The summed E-state index contributed by atoms with van der Waals surface area (Å²) in [5.41, 5.74) is -0.0400. The zero-order chi connectivity index (χ0) is 19.9. The van der Waals surface area contributed by atoms with Gasteiger partial charge in [0, 0.05) is 13.1 Å². The van der Waals surface area contributed by atoms with Gasteiger partial charge in [0.15, 0.2) is 0 Å². The van der Waals surface area contributed by atoms with Gasteiger partial charge in [0.1, 0.15) is 29.7 Å². The Kier molecular flexibility index (Phi) is 7.32. The van der Waals surface area contributed by atoms with E-state index in [1.54, 1.807) is 26.0 Å². The zero-order valence-electron chi connectivity index (χ0n) is 15.2. The first kappa shape index (κ1) is 20.9. The van der Waals surface area contributed by atoms with Crippen LogP contribution in [0.3, 0.4) is 0 Å². The van der Waals surface area contributed by atoms with Crippen molar-refractivity contribution in [3.8, 4) is 5.75 Å². The van der Waals surface area contributed by atoms with Crippen molar-refractivity contribution in [2.24, 2.45) is 0 Å². The Labute approximate surface area is 158 Å². The third kappa shape index (κ3) is 5.27. The number of sulfonamides is 1. The Hall–Kier alpha value is -2.45. The summed E-state index contributed by atoms with van der Waals surface area (Å²) >= 11 is 0. The molecule has 0 amide bonds. The molecule has 0 saturated heterocycles. The fourth-order valence-corrected chi connectivity index (χ4v) is 3.97. The number of carbonyl (C=O) groups is 1. The van der Waals surface area contributed by atoms with Crippen LogP contribution in [0, 0.1) is 5.82 Å². The highest BCUT2D eigenvalue weighted by atomic mass is 32.2. The largest absolute Gasteiger partial charge is 0.490 e. The summed E-state index contributed by atoms with van der Waals surface area (Å²) in [6, 6.07) is 12.2. The lowest BCUT2D eigenvalue weighted by molar-refractivity contribution is 0.0450. The second kappa shape index (κ2) is 9.48. The molecule has 0 radical (unpaired) electrons. The van der Waals surface area contributed by atoms with Crippen LogP contribution in [0.1, 0.15) is 24.2 Å². The molecule has 0 spiro atoms. The van der Waals surface area contributed by atoms with E-state index in [-0.39, 0.29) is 31.9 Å². The Morgan fingerprint density at radius 1 is 1.04 bits per heavy atom. The summed E-state index contributed by atoms with van der Waals surface area (Å²) in [5, 5.41) is 0. The second-order valence-electron chi connectivity index (χ2n) is 5.53. The molecule has 0 aliphatic rings. The molecule has 0 aliphatic heterocycles. The van der Waals surface area contributed by atoms with Gasteiger partial charge in [-0.15, -0.1) is 0 Å². The smallest absolute Gasteiger partial charge is 0.338 e. The summed E-state index contributed by atoms with van der Waals surface area (Å²) in [6.07, 6.45) is 0. The van der Waals surface area contributed by atoms with Crippen LogP contribution in [0.2, 0.25) is 0 Å². The van der Waals surface area contributed by atoms with Crippen LogP contribution in [0.15, 0.2) is 53.4 Å². The minimum atomic E-state index is -4.02. The maximum absolute atomic E-state index is 14.1. The second-order valence-corrected chi connectivity index (χ2v) is 7.44. The molecule has 0 heterocycles. The molecule has 0 aromatic heterocycles. The van der Waals surface area contributed by atoms with Crippen LogP contribution in [0.4, 0.5) is 4.39 Å². The topological polar surface area (TPSA) is 72.9 Å². The molecule has 0 saturated carbocycles. The lowest BCUT2D eigenvalue weighted by Gasteiger charge is -2.19. The number of benzene rings is 2. The molecule has 146 valence electrons. The standard InChI is InChI=1S/C19H22FNO5S/c1-3-21(4-2)27(23,24)18-14-15(10-11-17(18)20)19(22)26-13-12-25-16-8-6-5-7-9-16/h5-11,14H,3-4,12-13H2,1-2H3. The van der Waals surface area contributed by atoms with Crippen molar-refractivity contribution in [1.29, 1.82) is 0 Å². The first-order valence-electron chi connectivity index (χ1n) is 8.54. The highest BCUT2D eigenvalue weighted by molar-refractivity contribution is 7.89. The molecule has 8 heteroatoms. The van der Waals surface area contributed by atoms with Crippen molar-refractivity contribution in [3.05, 3.63) is 59.9 Å². The normalized spacial score (nSPS) is 11.4. The Morgan fingerprint density at radius 3 is 2.33 bits per heavy atom. The minimum Gasteiger partial charge on any atom is -0.490 e. The van der Waals surface area contributed by atoms with E-state index in [9.17, 15) is 17.6 Å². The molecule has 2 rings (SSSR count). The van der Waals surface area contributed by atoms with E-state index in [0.717, 1.165) is 16.4 Å². The van der Waals surface area contributed by atoms with E-state index >= 15 is 0 Å². The van der Waals surface area contributed by atoms with E-state index < -0.39 is 26.7 Å². The number of carbonyl (C=O) groups excluding carboxylic acids is 1. The number of ether oxygens (including phenoxy) is 2. The van der Waals surface area contributed by atoms with Crippen LogP contribution < -0.4 is 4.74 Å². The molecule has 0 bridgehead atoms. The van der Waals surface area contributed by atoms with Gasteiger partial charge in [0.25, 0.3) is 0 Å². The molecule has 0 atom stereocenters. The molecular formula is C19H22FNO5S. The van der Waals surface area contributed by atoms with Crippen LogP contribution in [0.25, 0.3) is 0 Å². The van der Waals surface area contributed by atoms with Gasteiger partial charge in [-0.25, -0.2) is 17.6 Å². The van der Waals surface area contributed by atoms with Gasteiger partial charge in [-0.2, -0.15) is 4.31 Å². The van der Waals surface area contributed by atoms with E-state index in [0.29, 0.717) is 5.75 Å². The Bertz CT molecular complexity index is 867. The lowest BCUT2D eigenvalue weighted by Crippen LogP contribution is -2.31. The predicted octanol–water partition coefficient (Wildman–Crippen LogP) is 3.09. The average molecular weight is 395 g/mol. The zero-order valence-corrected chi connectivity index (χ0v) is 16.0. The van der Waals surface area contributed by atoms with E-state index in [4.69, 9.17) is 9.47 Å². The molecule has 0 unspecified atom stereocenters. The monoisotopic (exact) mass is 395 g/mol. The summed E-state index contributed by atoms with van der Waals surface area (Å²) in [6.45, 7) is 3.83. The summed E-state index contributed by atoms with van der Waals surface area (Å²) < 4.78 is 50.7.